The van der Waals surface area contributed by atoms with E-state index in [2.05, 4.69) is 171 Å². The molecule has 0 saturated carbocycles. The van der Waals surface area contributed by atoms with Crippen molar-refractivity contribution in [3.05, 3.63) is 138 Å². The number of hydrogen-bond donors (Lipinski definition) is 0. The molecule has 3 heteroatoms. The number of rotatable bonds is 3. The zero-order chi connectivity index (χ0) is 33.6. The number of hydrogen-bond acceptors (Lipinski definition) is 1. The largest absolute Gasteiger partial charge is 3.00 e. The van der Waals surface area contributed by atoms with E-state index in [1.54, 1.807) is 0 Å². The van der Waals surface area contributed by atoms with Crippen LogP contribution in [0.15, 0.2) is 103 Å². The van der Waals surface area contributed by atoms with Crippen LogP contribution in [0.1, 0.15) is 77.6 Å². The number of benzene rings is 5. The maximum atomic E-state index is 5.46. The van der Waals surface area contributed by atoms with Gasteiger partial charge in [-0.3, -0.25) is 4.98 Å². The fourth-order valence-electron chi connectivity index (χ4n) is 7.29. The van der Waals surface area contributed by atoms with Crippen LogP contribution in [0.4, 0.5) is 0 Å². The van der Waals surface area contributed by atoms with Gasteiger partial charge in [-0.15, -0.1) is 34.3 Å². The fraction of sp³-hybridized carbons (Fsp3) is 0.239. The van der Waals surface area contributed by atoms with Gasteiger partial charge >= 0.3 is 22.4 Å². The van der Waals surface area contributed by atoms with E-state index in [0.29, 0.717) is 0 Å². The Morgan fingerprint density at radius 2 is 1.31 bits per heavy atom. The molecular formula is C46H41AuN2. The van der Waals surface area contributed by atoms with Gasteiger partial charge in [0.15, 0.2) is 0 Å². The Labute approximate surface area is 306 Å². The van der Waals surface area contributed by atoms with Crippen LogP contribution in [0.5, 0.6) is 0 Å². The van der Waals surface area contributed by atoms with Crippen molar-refractivity contribution in [2.75, 3.05) is 0 Å². The average Bonchev–Trinajstić information content (AvgIpc) is 3.56. The Balaban J connectivity index is 0.00000378. The van der Waals surface area contributed by atoms with Crippen molar-refractivity contribution in [3.63, 3.8) is 0 Å². The maximum Gasteiger partial charge on any atom is 3.00 e. The Bertz CT molecular complexity index is 2280. The van der Waals surface area contributed by atoms with Gasteiger partial charge in [-0.2, -0.15) is 35.9 Å². The summed E-state index contributed by atoms with van der Waals surface area (Å²) in [5.74, 6) is 0. The molecule has 0 amide bonds. The van der Waals surface area contributed by atoms with Crippen LogP contribution in [0.2, 0.25) is 0 Å². The van der Waals surface area contributed by atoms with Crippen molar-refractivity contribution in [2.45, 2.75) is 71.6 Å². The number of nitrogens with zero attached hydrogens (tertiary/aromatic N) is 2. The molecule has 0 bridgehead atoms. The van der Waals surface area contributed by atoms with Gasteiger partial charge in [-0.05, 0) is 49.4 Å². The molecule has 7 aromatic rings. The molecule has 0 radical (unpaired) electrons. The normalized spacial score (nSPS) is 13.7. The minimum atomic E-state index is -0.176. The van der Waals surface area contributed by atoms with E-state index in [0.717, 1.165) is 50.2 Å². The minimum Gasteiger partial charge on any atom is -0.656 e. The molecule has 0 fully saturated rings. The molecule has 2 heterocycles. The Hall–Kier alpha value is -4.21. The van der Waals surface area contributed by atoms with Crippen molar-refractivity contribution in [1.29, 1.82) is 0 Å². The van der Waals surface area contributed by atoms with Crippen LogP contribution in [0.25, 0.3) is 66.6 Å². The summed E-state index contributed by atoms with van der Waals surface area (Å²) in [7, 11) is 0. The monoisotopic (exact) mass is 818 g/mol. The zero-order valence-electron chi connectivity index (χ0n) is 29.5. The van der Waals surface area contributed by atoms with E-state index in [1.807, 2.05) is 0 Å². The summed E-state index contributed by atoms with van der Waals surface area (Å²) in [5, 5.41) is 2.37. The van der Waals surface area contributed by atoms with Crippen molar-refractivity contribution in [1.82, 2.24) is 9.97 Å². The first kappa shape index (κ1) is 33.3. The number of para-hydroxylation sites is 1. The third-order valence-corrected chi connectivity index (χ3v) is 10.3. The van der Waals surface area contributed by atoms with Crippen molar-refractivity contribution in [2.24, 2.45) is 0 Å². The van der Waals surface area contributed by atoms with Crippen LogP contribution in [-0.2, 0) is 38.6 Å². The standard InChI is InChI=1S/C46H41N2.Au/c1-44(2,3)33-17-13-28(14-18-33)30-25-31(29-15-19-34(20-16-29)45(4,5)6)27-32(26-30)39-24-23-38-43(47-39)41-37(46(38,7)8)22-21-36-35-11-9-10-12-40(35)48-42(36)41;/h9-15,17-26H,1-8H3;/q-3;+3. The molecule has 0 aliphatic heterocycles. The molecule has 2 aromatic heterocycles. The van der Waals surface area contributed by atoms with Crippen LogP contribution in [-0.4, -0.2) is 4.98 Å². The number of fused-ring (bicyclic) bond motifs is 7. The Morgan fingerprint density at radius 3 is 2.00 bits per heavy atom. The summed E-state index contributed by atoms with van der Waals surface area (Å²) in [6.45, 7) is 18.1. The smallest absolute Gasteiger partial charge is 0.656 e. The second-order valence-corrected chi connectivity index (χ2v) is 16.0. The van der Waals surface area contributed by atoms with E-state index < -0.39 is 0 Å². The predicted octanol–water partition coefficient (Wildman–Crippen LogP) is 11.8. The molecule has 49 heavy (non-hydrogen) atoms. The molecular weight excluding hydrogens is 777 g/mol. The van der Waals surface area contributed by atoms with E-state index in [9.17, 15) is 0 Å². The molecule has 1 aliphatic carbocycles. The summed E-state index contributed by atoms with van der Waals surface area (Å²) in [5.41, 5.74) is 15.6. The summed E-state index contributed by atoms with van der Waals surface area (Å²) < 4.78 is 0. The molecule has 0 spiro atoms. The first-order chi connectivity index (χ1) is 22.8. The molecule has 2 nitrogen and oxygen atoms in total. The summed E-state index contributed by atoms with van der Waals surface area (Å²) in [6, 6.07) is 44.8. The van der Waals surface area contributed by atoms with E-state index in [1.165, 1.54) is 38.6 Å². The molecule has 0 atom stereocenters. The second-order valence-electron chi connectivity index (χ2n) is 16.0. The first-order valence-corrected chi connectivity index (χ1v) is 17.0. The Morgan fingerprint density at radius 1 is 0.633 bits per heavy atom. The molecule has 0 unspecified atom stereocenters. The number of aromatic nitrogens is 2. The van der Waals surface area contributed by atoms with Crippen molar-refractivity contribution in [3.8, 4) is 44.8 Å². The van der Waals surface area contributed by atoms with Gasteiger partial charge in [0.2, 0.25) is 0 Å². The van der Waals surface area contributed by atoms with Crippen LogP contribution < -0.4 is 4.98 Å². The van der Waals surface area contributed by atoms with Crippen LogP contribution >= 0.6 is 0 Å². The topological polar surface area (TPSA) is 27.0 Å². The molecule has 8 rings (SSSR count). The van der Waals surface area contributed by atoms with Gasteiger partial charge in [0.05, 0.1) is 5.69 Å². The average molecular weight is 819 g/mol. The molecule has 0 N–H and O–H groups in total. The summed E-state index contributed by atoms with van der Waals surface area (Å²) in [4.78, 5) is 10.6. The fourth-order valence-corrected chi connectivity index (χ4v) is 7.29. The van der Waals surface area contributed by atoms with E-state index in [4.69, 9.17) is 9.97 Å². The van der Waals surface area contributed by atoms with Crippen LogP contribution in [0, 0.1) is 12.1 Å². The Kier molecular flexibility index (Phi) is 7.95. The number of pyridine rings is 1. The van der Waals surface area contributed by atoms with Gasteiger partial charge in [0, 0.05) is 11.1 Å². The summed E-state index contributed by atoms with van der Waals surface area (Å²) in [6.07, 6.45) is 0. The maximum absolute atomic E-state index is 5.46. The third kappa shape index (κ3) is 5.61. The van der Waals surface area contributed by atoms with Gasteiger partial charge in [0.25, 0.3) is 0 Å². The quantitative estimate of drug-likeness (QED) is 0.131. The molecule has 1 aliphatic rings. The van der Waals surface area contributed by atoms with Crippen molar-refractivity contribution < 1.29 is 22.4 Å². The first-order valence-electron chi connectivity index (χ1n) is 17.0. The van der Waals surface area contributed by atoms with Gasteiger partial charge in [-0.1, -0.05) is 134 Å². The summed E-state index contributed by atoms with van der Waals surface area (Å²) >= 11 is 0. The zero-order valence-corrected chi connectivity index (χ0v) is 31.7. The predicted molar refractivity (Wildman–Crippen MR) is 202 cm³/mol. The second kappa shape index (κ2) is 11.7. The molecule has 5 aromatic carbocycles. The molecule has 0 saturated heterocycles. The van der Waals surface area contributed by atoms with E-state index in [-0.39, 0.29) is 38.6 Å². The third-order valence-electron chi connectivity index (χ3n) is 10.3. The minimum absolute atomic E-state index is 0. The SMILES string of the molecule is CC(C)(C)c1c[c-]c(-c2[c-]c(-c3ccc4c(n3)-c3c(ccc5c3[n-]c3ccccc35)C4(C)C)cc(-c3ccc(C(C)(C)C)cc3)c2)cc1.[Au+3]. The van der Waals surface area contributed by atoms with Gasteiger partial charge in [0.1, 0.15) is 0 Å². The van der Waals surface area contributed by atoms with Gasteiger partial charge < -0.3 is 4.98 Å². The van der Waals surface area contributed by atoms with E-state index >= 15 is 0 Å². The van der Waals surface area contributed by atoms with Crippen LogP contribution in [0.3, 0.4) is 0 Å². The molecule has 246 valence electrons. The van der Waals surface area contributed by atoms with Crippen molar-refractivity contribution >= 4 is 21.8 Å². The van der Waals surface area contributed by atoms with Gasteiger partial charge in [-0.25, -0.2) is 5.56 Å².